The van der Waals surface area contributed by atoms with Gasteiger partial charge in [-0.3, -0.25) is 4.90 Å². The molecule has 132 valence electrons. The van der Waals surface area contributed by atoms with E-state index in [1.54, 1.807) is 20.0 Å². The Morgan fingerprint density at radius 1 is 1.12 bits per heavy atom. The minimum atomic E-state index is -3.53. The van der Waals surface area contributed by atoms with Gasteiger partial charge in [0.25, 0.3) is 0 Å². The van der Waals surface area contributed by atoms with Crippen LogP contribution in [0.4, 0.5) is 0 Å². The van der Waals surface area contributed by atoms with Crippen LogP contribution >= 0.6 is 0 Å². The second-order valence-corrected chi connectivity index (χ2v) is 7.94. The summed E-state index contributed by atoms with van der Waals surface area (Å²) in [5.41, 5.74) is 0.422. The van der Waals surface area contributed by atoms with E-state index in [1.807, 2.05) is 13.1 Å². The van der Waals surface area contributed by atoms with E-state index in [-0.39, 0.29) is 4.90 Å². The third-order valence-corrected chi connectivity index (χ3v) is 6.62. The van der Waals surface area contributed by atoms with Gasteiger partial charge in [-0.15, -0.1) is 0 Å². The van der Waals surface area contributed by atoms with Gasteiger partial charge in [0.2, 0.25) is 10.0 Å². The second kappa shape index (κ2) is 6.66. The van der Waals surface area contributed by atoms with E-state index in [0.29, 0.717) is 24.5 Å². The molecule has 0 amide bonds. The first-order chi connectivity index (χ1) is 11.4. The first-order valence-electron chi connectivity index (χ1n) is 8.02. The maximum atomic E-state index is 12.8. The van der Waals surface area contributed by atoms with Crippen LogP contribution in [-0.4, -0.2) is 65.1 Å². The molecule has 0 saturated carbocycles. The van der Waals surface area contributed by atoms with Crippen molar-refractivity contribution in [3.05, 3.63) is 29.7 Å². The largest absolute Gasteiger partial charge is 0.360 e. The molecule has 0 unspecified atom stereocenters. The summed E-state index contributed by atoms with van der Waals surface area (Å²) in [6.07, 6.45) is 3.76. The molecule has 0 atom stereocenters. The fourth-order valence-corrected chi connectivity index (χ4v) is 4.77. The Balaban J connectivity index is 1.60. The molecule has 0 radical (unpaired) electrons. The number of aryl methyl sites for hydroxylation is 3. The van der Waals surface area contributed by atoms with Gasteiger partial charge in [-0.05, 0) is 20.8 Å². The molecule has 0 aliphatic carbocycles. The van der Waals surface area contributed by atoms with E-state index in [1.165, 1.54) is 4.31 Å². The van der Waals surface area contributed by atoms with Gasteiger partial charge in [0.15, 0.2) is 5.76 Å². The molecule has 8 nitrogen and oxygen atoms in total. The lowest BCUT2D eigenvalue weighted by molar-refractivity contribution is 0.182. The van der Waals surface area contributed by atoms with E-state index in [0.717, 1.165) is 32.0 Å². The Labute approximate surface area is 142 Å². The molecular weight excluding hydrogens is 330 g/mol. The average Bonchev–Trinajstić information content (AvgIpc) is 3.11. The Bertz CT molecular complexity index is 783. The van der Waals surface area contributed by atoms with Crippen molar-refractivity contribution in [1.82, 2.24) is 23.9 Å². The molecule has 2 aromatic rings. The second-order valence-electron chi connectivity index (χ2n) is 6.07. The highest BCUT2D eigenvalue weighted by Crippen LogP contribution is 2.24. The highest BCUT2D eigenvalue weighted by molar-refractivity contribution is 7.89. The van der Waals surface area contributed by atoms with Crippen LogP contribution in [0, 0.1) is 20.8 Å². The molecule has 3 rings (SSSR count). The van der Waals surface area contributed by atoms with Gasteiger partial charge in [-0.25, -0.2) is 13.4 Å². The maximum Gasteiger partial charge on any atom is 0.248 e. The fourth-order valence-electron chi connectivity index (χ4n) is 3.05. The Morgan fingerprint density at radius 3 is 2.38 bits per heavy atom. The van der Waals surface area contributed by atoms with Crippen LogP contribution in [0.15, 0.2) is 21.8 Å². The SMILES string of the molecule is Cc1noc(C)c1S(=O)(=O)N1CCN(CCn2ccnc2C)CC1. The molecule has 1 fully saturated rings. The van der Waals surface area contributed by atoms with Crippen molar-refractivity contribution in [3.8, 4) is 0 Å². The van der Waals surface area contributed by atoms with Crippen LogP contribution in [0.5, 0.6) is 0 Å². The quantitative estimate of drug-likeness (QED) is 0.791. The normalized spacial score (nSPS) is 17.5. The topological polar surface area (TPSA) is 84.5 Å². The predicted octanol–water partition coefficient (Wildman–Crippen LogP) is 0.803. The monoisotopic (exact) mass is 353 g/mol. The molecule has 1 saturated heterocycles. The molecule has 0 N–H and O–H groups in total. The summed E-state index contributed by atoms with van der Waals surface area (Å²) in [6.45, 7) is 9.42. The Kier molecular flexibility index (Phi) is 4.75. The van der Waals surface area contributed by atoms with Crippen molar-refractivity contribution in [3.63, 3.8) is 0 Å². The summed E-state index contributed by atoms with van der Waals surface area (Å²) < 4.78 is 34.2. The Morgan fingerprint density at radius 2 is 1.83 bits per heavy atom. The van der Waals surface area contributed by atoms with Crippen molar-refractivity contribution in [2.24, 2.45) is 0 Å². The molecule has 0 aromatic carbocycles. The van der Waals surface area contributed by atoms with Crippen LogP contribution in [0.25, 0.3) is 0 Å². The molecule has 1 aliphatic heterocycles. The molecule has 24 heavy (non-hydrogen) atoms. The number of rotatable bonds is 5. The average molecular weight is 353 g/mol. The summed E-state index contributed by atoms with van der Waals surface area (Å²) in [6, 6.07) is 0. The molecule has 0 spiro atoms. The maximum absolute atomic E-state index is 12.8. The lowest BCUT2D eigenvalue weighted by atomic mass is 10.3. The van der Waals surface area contributed by atoms with Gasteiger partial charge in [0, 0.05) is 51.7 Å². The summed E-state index contributed by atoms with van der Waals surface area (Å²) in [5, 5.41) is 3.76. The first-order valence-corrected chi connectivity index (χ1v) is 9.46. The first kappa shape index (κ1) is 17.1. The lowest BCUT2D eigenvalue weighted by Gasteiger charge is -2.33. The Hall–Kier alpha value is -1.71. The fraction of sp³-hybridized carbons (Fsp3) is 0.600. The van der Waals surface area contributed by atoms with E-state index >= 15 is 0 Å². The van der Waals surface area contributed by atoms with Gasteiger partial charge in [0.05, 0.1) is 0 Å². The summed E-state index contributed by atoms with van der Waals surface area (Å²) in [5.74, 6) is 1.35. The van der Waals surface area contributed by atoms with Crippen LogP contribution < -0.4 is 0 Å². The lowest BCUT2D eigenvalue weighted by Crippen LogP contribution is -2.49. The van der Waals surface area contributed by atoms with Crippen LogP contribution in [0.1, 0.15) is 17.3 Å². The van der Waals surface area contributed by atoms with Gasteiger partial charge in [0.1, 0.15) is 16.4 Å². The zero-order chi connectivity index (χ0) is 17.3. The predicted molar refractivity (Wildman–Crippen MR) is 88.1 cm³/mol. The minimum Gasteiger partial charge on any atom is -0.360 e. The summed E-state index contributed by atoms with van der Waals surface area (Å²) in [7, 11) is -3.53. The molecular formula is C15H23N5O3S. The molecule has 1 aliphatic rings. The molecule has 2 aromatic heterocycles. The van der Waals surface area contributed by atoms with E-state index in [2.05, 4.69) is 19.6 Å². The number of hydrogen-bond donors (Lipinski definition) is 0. The van der Waals surface area contributed by atoms with Crippen LogP contribution in [0.3, 0.4) is 0 Å². The van der Waals surface area contributed by atoms with Gasteiger partial charge < -0.3 is 9.09 Å². The smallest absolute Gasteiger partial charge is 0.248 e. The van der Waals surface area contributed by atoms with E-state index in [4.69, 9.17) is 4.52 Å². The van der Waals surface area contributed by atoms with E-state index in [9.17, 15) is 8.42 Å². The van der Waals surface area contributed by atoms with Crippen molar-refractivity contribution in [2.75, 3.05) is 32.7 Å². The zero-order valence-corrected chi connectivity index (χ0v) is 15.1. The third kappa shape index (κ3) is 3.24. The standard InChI is InChI=1S/C15H23N5O3S/c1-12-15(13(2)23-17-12)24(21,22)20-10-7-18(8-11-20)6-9-19-5-4-16-14(19)3/h4-5H,6-11H2,1-3H3. The highest BCUT2D eigenvalue weighted by Gasteiger charge is 2.33. The van der Waals surface area contributed by atoms with Crippen LogP contribution in [0.2, 0.25) is 0 Å². The van der Waals surface area contributed by atoms with Gasteiger partial charge >= 0.3 is 0 Å². The summed E-state index contributed by atoms with van der Waals surface area (Å²) in [4.78, 5) is 6.70. The number of nitrogens with zero attached hydrogens (tertiary/aromatic N) is 5. The molecule has 0 bridgehead atoms. The minimum absolute atomic E-state index is 0.213. The number of aromatic nitrogens is 3. The van der Waals surface area contributed by atoms with E-state index < -0.39 is 10.0 Å². The van der Waals surface area contributed by atoms with Crippen molar-refractivity contribution < 1.29 is 12.9 Å². The number of imidazole rings is 1. The summed E-state index contributed by atoms with van der Waals surface area (Å²) >= 11 is 0. The number of hydrogen-bond acceptors (Lipinski definition) is 6. The third-order valence-electron chi connectivity index (χ3n) is 4.48. The van der Waals surface area contributed by atoms with Gasteiger partial charge in [-0.2, -0.15) is 4.31 Å². The van der Waals surface area contributed by atoms with Gasteiger partial charge in [-0.1, -0.05) is 5.16 Å². The molecule has 9 heteroatoms. The van der Waals surface area contributed by atoms with Crippen molar-refractivity contribution in [1.29, 1.82) is 0 Å². The number of sulfonamides is 1. The molecule has 3 heterocycles. The van der Waals surface area contributed by atoms with Crippen molar-refractivity contribution >= 4 is 10.0 Å². The number of piperazine rings is 1. The highest BCUT2D eigenvalue weighted by atomic mass is 32.2. The zero-order valence-electron chi connectivity index (χ0n) is 14.3. The van der Waals surface area contributed by atoms with Crippen molar-refractivity contribution in [2.45, 2.75) is 32.2 Å². The van der Waals surface area contributed by atoms with Crippen LogP contribution in [-0.2, 0) is 16.6 Å².